The number of thiazole rings is 1. The zero-order chi connectivity index (χ0) is 23.3. The molecule has 0 aliphatic rings. The minimum absolute atomic E-state index is 0.0445. The Balaban J connectivity index is 1.71. The summed E-state index contributed by atoms with van der Waals surface area (Å²) in [4.78, 5) is 18.2. The number of benzene rings is 3. The lowest BCUT2D eigenvalue weighted by Gasteiger charge is -2.19. The van der Waals surface area contributed by atoms with E-state index in [1.807, 2.05) is 19.9 Å². The predicted molar refractivity (Wildman–Crippen MR) is 137 cm³/mol. The molecule has 4 rings (SSSR count). The Morgan fingerprint density at radius 3 is 2.03 bits per heavy atom. The summed E-state index contributed by atoms with van der Waals surface area (Å²) in [7, 11) is 0. The number of rotatable bonds is 3. The molecule has 0 spiro atoms. The highest BCUT2D eigenvalue weighted by Crippen LogP contribution is 2.36. The lowest BCUT2D eigenvalue weighted by Crippen LogP contribution is -2.18. The van der Waals surface area contributed by atoms with E-state index in [-0.39, 0.29) is 5.91 Å². The van der Waals surface area contributed by atoms with E-state index in [4.69, 9.17) is 4.98 Å². The quantitative estimate of drug-likeness (QED) is 0.353. The van der Waals surface area contributed by atoms with Crippen molar-refractivity contribution in [3.63, 3.8) is 0 Å². The highest BCUT2D eigenvalue weighted by molar-refractivity contribution is 7.21. The highest BCUT2D eigenvalue weighted by atomic mass is 32.1. The van der Waals surface area contributed by atoms with Crippen LogP contribution in [0.4, 0.5) is 5.69 Å². The lowest BCUT2D eigenvalue weighted by molar-refractivity contribution is 0.102. The van der Waals surface area contributed by atoms with Crippen molar-refractivity contribution in [2.45, 2.75) is 55.4 Å². The highest BCUT2D eigenvalue weighted by Gasteiger charge is 2.20. The van der Waals surface area contributed by atoms with Crippen molar-refractivity contribution >= 4 is 33.1 Å². The molecule has 3 nitrogen and oxygen atoms in total. The largest absolute Gasteiger partial charge is 0.322 e. The fourth-order valence-electron chi connectivity index (χ4n) is 4.36. The van der Waals surface area contributed by atoms with Gasteiger partial charge in [0, 0.05) is 16.8 Å². The molecular formula is C28H30N2OS. The summed E-state index contributed by atoms with van der Waals surface area (Å²) in [6, 6.07) is 10.4. The Bertz CT molecular complexity index is 1370. The molecule has 1 N–H and O–H groups in total. The van der Waals surface area contributed by atoms with E-state index in [0.717, 1.165) is 49.6 Å². The molecule has 0 unspecified atom stereocenters. The van der Waals surface area contributed by atoms with Gasteiger partial charge in [0.2, 0.25) is 0 Å². The van der Waals surface area contributed by atoms with Gasteiger partial charge < -0.3 is 5.32 Å². The van der Waals surface area contributed by atoms with Crippen molar-refractivity contribution in [2.75, 3.05) is 5.32 Å². The molecule has 164 valence electrons. The first kappa shape index (κ1) is 22.2. The smallest absolute Gasteiger partial charge is 0.256 e. The van der Waals surface area contributed by atoms with Gasteiger partial charge in [-0.3, -0.25) is 4.79 Å². The normalized spacial score (nSPS) is 11.2. The van der Waals surface area contributed by atoms with Crippen molar-refractivity contribution in [1.82, 2.24) is 4.98 Å². The van der Waals surface area contributed by atoms with Crippen LogP contribution in [-0.4, -0.2) is 10.9 Å². The van der Waals surface area contributed by atoms with Crippen LogP contribution in [0.5, 0.6) is 0 Å². The van der Waals surface area contributed by atoms with Crippen LogP contribution in [0.3, 0.4) is 0 Å². The van der Waals surface area contributed by atoms with E-state index in [9.17, 15) is 4.79 Å². The first-order chi connectivity index (χ1) is 15.1. The van der Waals surface area contributed by atoms with Crippen LogP contribution in [-0.2, 0) is 0 Å². The van der Waals surface area contributed by atoms with Crippen LogP contribution >= 0.6 is 11.3 Å². The molecule has 0 saturated heterocycles. The average molecular weight is 443 g/mol. The number of carbonyl (C=O) groups is 1. The second-order valence-electron chi connectivity index (χ2n) is 8.86. The number of nitrogens with one attached hydrogen (secondary N) is 1. The average Bonchev–Trinajstić information content (AvgIpc) is 3.17. The third-order valence-electron chi connectivity index (χ3n) is 7.04. The Hall–Kier alpha value is -2.98. The Kier molecular flexibility index (Phi) is 5.68. The van der Waals surface area contributed by atoms with Gasteiger partial charge in [-0.15, -0.1) is 11.3 Å². The fourth-order valence-corrected chi connectivity index (χ4v) is 5.51. The van der Waals surface area contributed by atoms with E-state index in [1.54, 1.807) is 11.3 Å². The molecule has 3 aromatic carbocycles. The Labute approximate surface area is 194 Å². The van der Waals surface area contributed by atoms with Gasteiger partial charge in [0.05, 0.1) is 10.2 Å². The van der Waals surface area contributed by atoms with Gasteiger partial charge in [0.15, 0.2) is 0 Å². The number of nitrogens with zero attached hydrogens (tertiary/aromatic N) is 1. The minimum Gasteiger partial charge on any atom is -0.322 e. The van der Waals surface area contributed by atoms with Gasteiger partial charge >= 0.3 is 0 Å². The number of amides is 1. The summed E-state index contributed by atoms with van der Waals surface area (Å²) < 4.78 is 1.20. The summed E-state index contributed by atoms with van der Waals surface area (Å²) >= 11 is 1.71. The maximum Gasteiger partial charge on any atom is 0.256 e. The standard InChI is InChI=1S/C28H30N2OS/c1-14-9-11-24-25(13-14)32-28(30-24)22-10-12-23(19(6)18(22)5)29-27(31)26-20(7)16(3)15(2)17(4)21(26)8/h9-13H,1-8H3,(H,29,31). The second kappa shape index (κ2) is 8.18. The first-order valence-corrected chi connectivity index (χ1v) is 11.8. The number of hydrogen-bond acceptors (Lipinski definition) is 3. The van der Waals surface area contributed by atoms with Crippen LogP contribution in [0.15, 0.2) is 30.3 Å². The number of hydrogen-bond donors (Lipinski definition) is 1. The van der Waals surface area contributed by atoms with Crippen molar-refractivity contribution in [2.24, 2.45) is 0 Å². The van der Waals surface area contributed by atoms with E-state index in [2.05, 4.69) is 71.1 Å². The molecule has 4 heteroatoms. The SMILES string of the molecule is Cc1ccc2nc(-c3ccc(NC(=O)c4c(C)c(C)c(C)c(C)c4C)c(C)c3C)sc2c1. The number of aromatic nitrogens is 1. The maximum absolute atomic E-state index is 13.3. The van der Waals surface area contributed by atoms with Gasteiger partial charge in [0.25, 0.3) is 5.91 Å². The van der Waals surface area contributed by atoms with Gasteiger partial charge in [-0.25, -0.2) is 4.98 Å². The van der Waals surface area contributed by atoms with E-state index < -0.39 is 0 Å². The summed E-state index contributed by atoms with van der Waals surface area (Å²) in [5, 5.41) is 4.19. The summed E-state index contributed by atoms with van der Waals surface area (Å²) in [6.45, 7) is 16.7. The molecule has 0 radical (unpaired) electrons. The number of fused-ring (bicyclic) bond motifs is 1. The zero-order valence-electron chi connectivity index (χ0n) is 20.2. The van der Waals surface area contributed by atoms with Crippen molar-refractivity contribution in [3.05, 3.63) is 80.4 Å². The monoisotopic (exact) mass is 442 g/mol. The lowest BCUT2D eigenvalue weighted by atomic mass is 9.89. The summed E-state index contributed by atoms with van der Waals surface area (Å²) in [5.74, 6) is -0.0445. The molecule has 4 aromatic rings. The molecule has 0 aliphatic carbocycles. The van der Waals surface area contributed by atoms with E-state index >= 15 is 0 Å². The third kappa shape index (κ3) is 3.63. The van der Waals surface area contributed by atoms with Crippen molar-refractivity contribution in [1.29, 1.82) is 0 Å². The molecule has 0 atom stereocenters. The molecule has 0 bridgehead atoms. The van der Waals surface area contributed by atoms with E-state index in [0.29, 0.717) is 0 Å². The van der Waals surface area contributed by atoms with E-state index in [1.165, 1.54) is 27.0 Å². The van der Waals surface area contributed by atoms with Gasteiger partial charge in [0.1, 0.15) is 5.01 Å². The summed E-state index contributed by atoms with van der Waals surface area (Å²) in [6.07, 6.45) is 0. The second-order valence-corrected chi connectivity index (χ2v) is 9.89. The number of aryl methyl sites for hydroxylation is 1. The van der Waals surface area contributed by atoms with Crippen molar-refractivity contribution in [3.8, 4) is 10.6 Å². The number of carbonyl (C=O) groups excluding carboxylic acids is 1. The van der Waals surface area contributed by atoms with Crippen LogP contribution < -0.4 is 5.32 Å². The molecule has 0 fully saturated rings. The molecule has 1 heterocycles. The molecule has 1 aromatic heterocycles. The summed E-state index contributed by atoms with van der Waals surface area (Å²) in [5.41, 5.74) is 13.0. The zero-order valence-corrected chi connectivity index (χ0v) is 21.0. The Morgan fingerprint density at radius 2 is 1.38 bits per heavy atom. The minimum atomic E-state index is -0.0445. The van der Waals surface area contributed by atoms with Crippen LogP contribution in [0.2, 0.25) is 0 Å². The first-order valence-electron chi connectivity index (χ1n) is 11.0. The molecular weight excluding hydrogens is 412 g/mol. The predicted octanol–water partition coefficient (Wildman–Crippen LogP) is 7.68. The van der Waals surface area contributed by atoms with Crippen LogP contribution in [0.25, 0.3) is 20.8 Å². The number of anilines is 1. The molecule has 1 amide bonds. The maximum atomic E-state index is 13.3. The molecule has 32 heavy (non-hydrogen) atoms. The van der Waals surface area contributed by atoms with Gasteiger partial charge in [-0.2, -0.15) is 0 Å². The van der Waals surface area contributed by atoms with Gasteiger partial charge in [-0.05, 0) is 124 Å². The van der Waals surface area contributed by atoms with Crippen LogP contribution in [0, 0.1) is 55.4 Å². The van der Waals surface area contributed by atoms with Gasteiger partial charge in [-0.1, -0.05) is 6.07 Å². The molecule has 0 aliphatic heterocycles. The van der Waals surface area contributed by atoms with Crippen LogP contribution in [0.1, 0.15) is 54.9 Å². The third-order valence-corrected chi connectivity index (χ3v) is 8.09. The molecule has 0 saturated carbocycles. The van der Waals surface area contributed by atoms with Crippen molar-refractivity contribution < 1.29 is 4.79 Å². The fraction of sp³-hybridized carbons (Fsp3) is 0.286. The Morgan fingerprint density at radius 1 is 0.750 bits per heavy atom. The topological polar surface area (TPSA) is 42.0 Å².